The van der Waals surface area contributed by atoms with Gasteiger partial charge in [-0.3, -0.25) is 29.2 Å². The van der Waals surface area contributed by atoms with E-state index in [2.05, 4.69) is 31.9 Å². The summed E-state index contributed by atoms with van der Waals surface area (Å²) in [4.78, 5) is 63.4. The average molecular weight is 784 g/mol. The van der Waals surface area contributed by atoms with Gasteiger partial charge in [0.05, 0.1) is 30.0 Å². The fourth-order valence-electron chi connectivity index (χ4n) is 6.75. The molecule has 18 heteroatoms. The van der Waals surface area contributed by atoms with Crippen molar-refractivity contribution in [3.63, 3.8) is 0 Å². The number of fused-ring (bicyclic) bond motifs is 1. The number of carbonyl (C=O) groups is 3. The number of halogens is 1. The summed E-state index contributed by atoms with van der Waals surface area (Å²) in [7, 11) is -2.42. The zero-order chi connectivity index (χ0) is 39.3. The maximum Gasteiger partial charge on any atom is 0.290 e. The zero-order valence-corrected chi connectivity index (χ0v) is 32.0. The largest absolute Gasteiger partial charge is 0.494 e. The lowest BCUT2D eigenvalue weighted by Crippen LogP contribution is -2.58. The van der Waals surface area contributed by atoms with Crippen molar-refractivity contribution in [2.45, 2.75) is 82.4 Å². The van der Waals surface area contributed by atoms with Crippen molar-refractivity contribution >= 4 is 61.6 Å². The molecule has 5 atom stereocenters. The second-order valence-electron chi connectivity index (χ2n) is 15.0. The highest BCUT2D eigenvalue weighted by Gasteiger charge is 2.62. The molecular weight excluding hydrogens is 742 g/mol. The Morgan fingerprint density at radius 2 is 1.89 bits per heavy atom. The van der Waals surface area contributed by atoms with Crippen LogP contribution < -0.4 is 24.8 Å². The second kappa shape index (κ2) is 14.3. The Kier molecular flexibility index (Phi) is 10.3. The number of rotatable bonds is 13. The van der Waals surface area contributed by atoms with Crippen molar-refractivity contribution in [1.29, 1.82) is 0 Å². The molecule has 1 saturated heterocycles. The monoisotopic (exact) mass is 783 g/mol. The van der Waals surface area contributed by atoms with Gasteiger partial charge in [-0.25, -0.2) is 18.4 Å². The number of hydrogen-bond acceptors (Lipinski definition) is 12. The average Bonchev–Trinajstić information content (AvgIpc) is 4.03. The first kappa shape index (κ1) is 38.7. The molecule has 3 amide bonds. The number of nitro groups is 1. The van der Waals surface area contributed by atoms with Crippen LogP contribution in [0.2, 0.25) is 5.02 Å². The number of aromatic nitrogens is 2. The van der Waals surface area contributed by atoms with Crippen LogP contribution >= 0.6 is 11.6 Å². The van der Waals surface area contributed by atoms with Crippen LogP contribution in [0, 0.1) is 28.4 Å². The van der Waals surface area contributed by atoms with E-state index in [1.165, 1.54) is 30.3 Å². The van der Waals surface area contributed by atoms with E-state index in [0.29, 0.717) is 39.9 Å². The minimum atomic E-state index is -3.92. The summed E-state index contributed by atoms with van der Waals surface area (Å²) in [5.41, 5.74) is -2.21. The molecule has 0 radical (unpaired) electrons. The lowest BCUT2D eigenvalue weighted by molar-refractivity contribution is -0.385. The predicted octanol–water partition coefficient (Wildman–Crippen LogP) is 4.05. The van der Waals surface area contributed by atoms with Crippen LogP contribution in [0.4, 0.5) is 11.5 Å². The Morgan fingerprint density at radius 1 is 1.17 bits per heavy atom. The minimum absolute atomic E-state index is 0.0179. The lowest BCUT2D eigenvalue weighted by Gasteiger charge is -2.36. The molecule has 54 heavy (non-hydrogen) atoms. The van der Waals surface area contributed by atoms with Gasteiger partial charge in [0, 0.05) is 33.7 Å². The molecule has 6 rings (SSSR count). The highest BCUT2D eigenvalue weighted by molar-refractivity contribution is 7.91. The van der Waals surface area contributed by atoms with Gasteiger partial charge in [-0.1, -0.05) is 38.4 Å². The van der Waals surface area contributed by atoms with E-state index in [9.17, 15) is 32.9 Å². The Hall–Kier alpha value is -5.03. The lowest BCUT2D eigenvalue weighted by atomic mass is 9.85. The normalized spacial score (nSPS) is 22.9. The van der Waals surface area contributed by atoms with Crippen molar-refractivity contribution in [1.82, 2.24) is 24.9 Å². The SMILES string of the molecule is C=C[C@@H]1C[C@]1(NC(=O)[C@@H]1C[C@@H](Oc2ncc(OC)c3ccc(Cl)cc23)CN1C(=O)C(Nc1cc(C)c([N+](=O)[O-])cn1)C(C)(C)C)C(=O)NS(=O)(=O)C1CC1. The second-order valence-corrected chi connectivity index (χ2v) is 17.4. The Balaban J connectivity index is 1.33. The number of nitrogens with one attached hydrogen (secondary N) is 3. The number of carbonyl (C=O) groups excluding carboxylic acids is 3. The maximum absolute atomic E-state index is 14.7. The predicted molar refractivity (Wildman–Crippen MR) is 200 cm³/mol. The van der Waals surface area contributed by atoms with Gasteiger partial charge in [-0.2, -0.15) is 0 Å². The minimum Gasteiger partial charge on any atom is -0.494 e. The summed E-state index contributed by atoms with van der Waals surface area (Å²) in [5.74, 6) is -1.72. The summed E-state index contributed by atoms with van der Waals surface area (Å²) >= 11 is 6.33. The summed E-state index contributed by atoms with van der Waals surface area (Å²) in [6, 6.07) is 4.42. The van der Waals surface area contributed by atoms with Crippen LogP contribution in [-0.2, 0) is 24.4 Å². The van der Waals surface area contributed by atoms with Crippen LogP contribution in [0.25, 0.3) is 10.8 Å². The molecule has 3 aliphatic rings. The number of nitrogens with zero attached hydrogens (tertiary/aromatic N) is 4. The first-order valence-corrected chi connectivity index (χ1v) is 19.3. The van der Waals surface area contributed by atoms with E-state index in [0.717, 1.165) is 6.20 Å². The summed E-state index contributed by atoms with van der Waals surface area (Å²) in [5, 5.41) is 18.3. The topological polar surface area (TPSA) is 212 Å². The van der Waals surface area contributed by atoms with Gasteiger partial charge in [0.2, 0.25) is 27.7 Å². The highest BCUT2D eigenvalue weighted by Crippen LogP contribution is 2.46. The number of anilines is 1. The van der Waals surface area contributed by atoms with Crippen molar-refractivity contribution < 1.29 is 37.2 Å². The van der Waals surface area contributed by atoms with Crippen molar-refractivity contribution in [2.75, 3.05) is 19.0 Å². The van der Waals surface area contributed by atoms with E-state index in [-0.39, 0.29) is 36.8 Å². The Bertz CT molecular complexity index is 2160. The number of benzene rings is 1. The highest BCUT2D eigenvalue weighted by atomic mass is 35.5. The summed E-state index contributed by atoms with van der Waals surface area (Å²) in [6.45, 7) is 10.7. The van der Waals surface area contributed by atoms with Gasteiger partial charge in [0.25, 0.3) is 11.6 Å². The van der Waals surface area contributed by atoms with E-state index in [4.69, 9.17) is 21.1 Å². The third kappa shape index (κ3) is 7.64. The third-order valence-corrected chi connectivity index (χ3v) is 12.1. The molecule has 3 heterocycles. The van der Waals surface area contributed by atoms with Crippen LogP contribution in [0.3, 0.4) is 0 Å². The smallest absolute Gasteiger partial charge is 0.290 e. The molecule has 1 aromatic carbocycles. The molecule has 1 aliphatic heterocycles. The molecular formula is C36H42ClN7O9S. The summed E-state index contributed by atoms with van der Waals surface area (Å²) in [6.07, 6.45) is 4.29. The van der Waals surface area contributed by atoms with Crippen LogP contribution in [0.15, 0.2) is 49.3 Å². The number of pyridine rings is 2. The number of likely N-dealkylation sites (tertiary alicyclic amines) is 1. The molecule has 3 fully saturated rings. The van der Waals surface area contributed by atoms with E-state index >= 15 is 0 Å². The van der Waals surface area contributed by atoms with Crippen molar-refractivity contribution in [3.8, 4) is 11.6 Å². The van der Waals surface area contributed by atoms with Crippen molar-refractivity contribution in [3.05, 3.63) is 70.0 Å². The molecule has 288 valence electrons. The first-order valence-electron chi connectivity index (χ1n) is 17.4. The number of methoxy groups -OCH3 is 1. The van der Waals surface area contributed by atoms with Gasteiger partial charge in [0.15, 0.2) is 0 Å². The van der Waals surface area contributed by atoms with Crippen LogP contribution in [0.1, 0.15) is 52.0 Å². The van der Waals surface area contributed by atoms with Gasteiger partial charge in [0.1, 0.15) is 41.5 Å². The Morgan fingerprint density at radius 3 is 2.48 bits per heavy atom. The molecule has 3 N–H and O–H groups in total. The van der Waals surface area contributed by atoms with Crippen molar-refractivity contribution in [2.24, 2.45) is 11.3 Å². The fourth-order valence-corrected chi connectivity index (χ4v) is 8.29. The standard InChI is InChI=1S/C36H42ClN7O9S/c1-7-20-15-36(20,34(47)42-54(50,51)23-9-10-23)41-31(45)26-14-22(53-32-25-13-21(37)8-11-24(25)28(52-6)17-39-32)18-43(26)33(46)30(35(3,4)5)40-29-12-19(2)27(16-38-29)44(48)49/h7-8,11-13,16-17,20,22-23,26,30H,1,9-10,14-15,18H2,2-6H3,(H,38,40)(H,41,45)(H,42,47)/t20-,22-,26+,30?,36-/m1/s1. The van der Waals surface area contributed by atoms with Gasteiger partial charge in [-0.15, -0.1) is 6.58 Å². The molecule has 2 saturated carbocycles. The molecule has 2 aromatic heterocycles. The number of hydrogen-bond donors (Lipinski definition) is 3. The van der Waals surface area contributed by atoms with E-state index < -0.39 is 73.0 Å². The molecule has 2 aliphatic carbocycles. The van der Waals surface area contributed by atoms with Crippen LogP contribution in [0.5, 0.6) is 11.6 Å². The Labute approximate surface area is 317 Å². The molecule has 3 aromatic rings. The third-order valence-electron chi connectivity index (χ3n) is 10.1. The van der Waals surface area contributed by atoms with E-state index in [1.807, 2.05) is 20.8 Å². The van der Waals surface area contributed by atoms with Crippen LogP contribution in [-0.4, -0.2) is 88.6 Å². The molecule has 0 spiro atoms. The molecule has 0 bridgehead atoms. The number of aryl methyl sites for hydroxylation is 1. The zero-order valence-electron chi connectivity index (χ0n) is 30.4. The quantitative estimate of drug-likeness (QED) is 0.127. The number of sulfonamides is 1. The molecule has 1 unspecified atom stereocenters. The maximum atomic E-state index is 14.7. The fraction of sp³-hybridized carbons (Fsp3) is 0.472. The first-order chi connectivity index (χ1) is 25.4. The number of amides is 3. The number of ether oxygens (including phenoxy) is 2. The van der Waals surface area contributed by atoms with Gasteiger partial charge >= 0.3 is 0 Å². The molecule has 16 nitrogen and oxygen atoms in total. The van der Waals surface area contributed by atoms with E-state index in [1.54, 1.807) is 25.1 Å². The van der Waals surface area contributed by atoms with Gasteiger partial charge in [-0.05, 0) is 55.9 Å². The summed E-state index contributed by atoms with van der Waals surface area (Å²) < 4.78 is 39.4. The van der Waals surface area contributed by atoms with Gasteiger partial charge < -0.3 is 25.0 Å².